The molecule has 2 aliphatic rings. The predicted octanol–water partition coefficient (Wildman–Crippen LogP) is 9.62. The van der Waals surface area contributed by atoms with Crippen LogP contribution in [-0.2, 0) is 0 Å². The third kappa shape index (κ3) is 3.00. The molecule has 8 rings (SSSR count). The first kappa shape index (κ1) is 20.6. The van der Waals surface area contributed by atoms with Gasteiger partial charge in [-0.25, -0.2) is 4.98 Å². The number of hydrogen-bond donors (Lipinski definition) is 0. The second-order valence-electron chi connectivity index (χ2n) is 9.25. The second kappa shape index (κ2) is 7.99. The number of benzene rings is 5. The molecule has 0 amide bonds. The summed E-state index contributed by atoms with van der Waals surface area (Å²) in [7, 11) is 0. The van der Waals surface area contributed by atoms with Crippen LogP contribution in [0, 0.1) is 0 Å². The lowest BCUT2D eigenvalue weighted by Crippen LogP contribution is -2.19. The van der Waals surface area contributed by atoms with E-state index in [4.69, 9.17) is 4.98 Å². The van der Waals surface area contributed by atoms with Crippen LogP contribution in [0.4, 0.5) is 34.3 Å². The average Bonchev–Trinajstić information content (AvgIpc) is 2.97. The van der Waals surface area contributed by atoms with Gasteiger partial charge in [0.2, 0.25) is 0 Å². The predicted molar refractivity (Wildman–Crippen MR) is 154 cm³/mol. The maximum atomic E-state index is 4.78. The molecule has 4 heteroatoms. The van der Waals surface area contributed by atoms with E-state index in [9.17, 15) is 0 Å². The average molecular weight is 492 g/mol. The van der Waals surface area contributed by atoms with Crippen LogP contribution in [0.5, 0.6) is 0 Å². The Labute approximate surface area is 219 Å². The van der Waals surface area contributed by atoms with Crippen molar-refractivity contribution in [1.29, 1.82) is 0 Å². The van der Waals surface area contributed by atoms with Gasteiger partial charge in [-0.2, -0.15) is 0 Å². The van der Waals surface area contributed by atoms with Crippen LogP contribution in [0.15, 0.2) is 137 Å². The van der Waals surface area contributed by atoms with Crippen molar-refractivity contribution in [3.8, 4) is 11.1 Å². The van der Waals surface area contributed by atoms with E-state index in [0.29, 0.717) is 0 Å². The van der Waals surface area contributed by atoms with E-state index in [1.165, 1.54) is 48.8 Å². The minimum absolute atomic E-state index is 0.923. The van der Waals surface area contributed by atoms with E-state index in [-0.39, 0.29) is 0 Å². The molecule has 3 heterocycles. The molecule has 0 bridgehead atoms. The van der Waals surface area contributed by atoms with Gasteiger partial charge in [0.25, 0.3) is 0 Å². The highest BCUT2D eigenvalue weighted by molar-refractivity contribution is 8.00. The van der Waals surface area contributed by atoms with E-state index in [0.717, 1.165) is 17.2 Å². The minimum Gasteiger partial charge on any atom is -0.308 e. The Morgan fingerprint density at radius 2 is 1.30 bits per heavy atom. The Hall–Kier alpha value is -4.54. The summed E-state index contributed by atoms with van der Waals surface area (Å²) >= 11 is 1.86. The summed E-state index contributed by atoms with van der Waals surface area (Å²) in [6.45, 7) is 0. The topological polar surface area (TPSA) is 19.4 Å². The molecule has 0 aliphatic carbocycles. The van der Waals surface area contributed by atoms with Gasteiger partial charge in [-0.05, 0) is 65.5 Å². The summed E-state index contributed by atoms with van der Waals surface area (Å²) in [6, 6.07) is 43.2. The number of pyridine rings is 1. The molecule has 0 unspecified atom stereocenters. The zero-order chi connectivity index (χ0) is 24.3. The van der Waals surface area contributed by atoms with Gasteiger partial charge in [-0.3, -0.25) is 4.90 Å². The summed E-state index contributed by atoms with van der Waals surface area (Å²) in [4.78, 5) is 12.0. The van der Waals surface area contributed by atoms with Crippen molar-refractivity contribution >= 4 is 56.8 Å². The number of rotatable bonds is 2. The van der Waals surface area contributed by atoms with Crippen molar-refractivity contribution in [3.05, 3.63) is 128 Å². The van der Waals surface area contributed by atoms with E-state index >= 15 is 0 Å². The fourth-order valence-electron chi connectivity index (χ4n) is 5.69. The summed E-state index contributed by atoms with van der Waals surface area (Å²) in [5.74, 6) is 0.923. The van der Waals surface area contributed by atoms with Crippen LogP contribution in [0.25, 0.3) is 21.9 Å². The lowest BCUT2D eigenvalue weighted by atomic mass is 9.90. The monoisotopic (exact) mass is 491 g/mol. The first-order chi connectivity index (χ1) is 18.4. The lowest BCUT2D eigenvalue weighted by Gasteiger charge is -2.38. The zero-order valence-electron chi connectivity index (χ0n) is 19.9. The largest absolute Gasteiger partial charge is 0.308 e. The number of para-hydroxylation sites is 2. The molecule has 5 aromatic carbocycles. The lowest BCUT2D eigenvalue weighted by molar-refractivity contribution is 1.14. The molecular formula is C33H21N3S. The number of fused-ring (bicyclic) bond motifs is 5. The third-order valence-corrected chi connectivity index (χ3v) is 8.38. The van der Waals surface area contributed by atoms with Crippen LogP contribution < -0.4 is 9.80 Å². The van der Waals surface area contributed by atoms with Gasteiger partial charge >= 0.3 is 0 Å². The highest BCUT2D eigenvalue weighted by atomic mass is 32.2. The second-order valence-corrected chi connectivity index (χ2v) is 10.3. The normalized spacial score (nSPS) is 13.2. The number of anilines is 6. The van der Waals surface area contributed by atoms with Gasteiger partial charge < -0.3 is 4.90 Å². The molecule has 174 valence electrons. The molecule has 6 aromatic rings. The van der Waals surface area contributed by atoms with Crippen molar-refractivity contribution < 1.29 is 0 Å². The first-order valence-electron chi connectivity index (χ1n) is 12.4. The molecule has 2 aliphatic heterocycles. The molecule has 3 nitrogen and oxygen atoms in total. The fraction of sp³-hybridized carbons (Fsp3) is 0. The molecule has 0 saturated heterocycles. The van der Waals surface area contributed by atoms with Crippen LogP contribution in [-0.4, -0.2) is 4.98 Å². The van der Waals surface area contributed by atoms with Gasteiger partial charge in [0.05, 0.1) is 22.7 Å². The van der Waals surface area contributed by atoms with Gasteiger partial charge in [0, 0.05) is 32.6 Å². The summed E-state index contributed by atoms with van der Waals surface area (Å²) in [6.07, 6.45) is 1.87. The highest BCUT2D eigenvalue weighted by Crippen LogP contribution is 2.60. The maximum Gasteiger partial charge on any atom is 0.137 e. The number of nitrogens with zero attached hydrogens (tertiary/aromatic N) is 3. The fourth-order valence-corrected chi connectivity index (χ4v) is 6.90. The van der Waals surface area contributed by atoms with Crippen LogP contribution in [0.2, 0.25) is 0 Å². The quantitative estimate of drug-likeness (QED) is 0.240. The Morgan fingerprint density at radius 1 is 0.541 bits per heavy atom. The minimum atomic E-state index is 0.923. The smallest absolute Gasteiger partial charge is 0.137 e. The van der Waals surface area contributed by atoms with Gasteiger partial charge in [-0.15, -0.1) is 0 Å². The molecule has 0 atom stereocenters. The zero-order valence-corrected chi connectivity index (χ0v) is 20.7. The molecule has 37 heavy (non-hydrogen) atoms. The highest BCUT2D eigenvalue weighted by Gasteiger charge is 2.34. The Bertz CT molecular complexity index is 1810. The van der Waals surface area contributed by atoms with E-state index in [2.05, 4.69) is 125 Å². The van der Waals surface area contributed by atoms with Crippen LogP contribution in [0.1, 0.15) is 0 Å². The van der Waals surface area contributed by atoms with Crippen LogP contribution >= 0.6 is 11.8 Å². The molecule has 0 N–H and O–H groups in total. The molecule has 0 fully saturated rings. The third-order valence-electron chi connectivity index (χ3n) is 7.20. The Kier molecular flexibility index (Phi) is 4.45. The molecular weight excluding hydrogens is 470 g/mol. The summed E-state index contributed by atoms with van der Waals surface area (Å²) in [5, 5.41) is 2.50. The van der Waals surface area contributed by atoms with E-state index in [1.54, 1.807) is 0 Å². The van der Waals surface area contributed by atoms with Crippen molar-refractivity contribution in [3.63, 3.8) is 0 Å². The molecule has 0 saturated carbocycles. The molecule has 0 spiro atoms. The van der Waals surface area contributed by atoms with Crippen molar-refractivity contribution in [2.24, 2.45) is 0 Å². The van der Waals surface area contributed by atoms with E-state index < -0.39 is 0 Å². The molecule has 1 aromatic heterocycles. The SMILES string of the molecule is c1ccc(N2c3ccccc3Sc3c2ccc2c3-c3cccc4cccc(c34)N2c2ccccn2)cc1. The standard InChI is InChI=1S/C33H21N3S/c1-2-12-23(13-3-1)35-25-15-4-5-17-29(25)37-33-28(35)20-19-27-32(33)24-14-8-10-22-11-9-16-26(31(22)24)36(27)30-18-6-7-21-34-30/h1-21H. The molecule has 0 radical (unpaired) electrons. The maximum absolute atomic E-state index is 4.78. The summed E-state index contributed by atoms with van der Waals surface area (Å²) < 4.78 is 0. The number of aromatic nitrogens is 1. The van der Waals surface area contributed by atoms with Gasteiger partial charge in [0.15, 0.2) is 0 Å². The first-order valence-corrected chi connectivity index (χ1v) is 13.2. The summed E-state index contributed by atoms with van der Waals surface area (Å²) in [5.41, 5.74) is 8.42. The van der Waals surface area contributed by atoms with Crippen molar-refractivity contribution in [2.75, 3.05) is 9.80 Å². The van der Waals surface area contributed by atoms with Gasteiger partial charge in [-0.1, -0.05) is 78.5 Å². The number of hydrogen-bond acceptors (Lipinski definition) is 4. The van der Waals surface area contributed by atoms with E-state index in [1.807, 2.05) is 24.0 Å². The Balaban J connectivity index is 1.48. The van der Waals surface area contributed by atoms with Crippen molar-refractivity contribution in [2.45, 2.75) is 9.79 Å². The van der Waals surface area contributed by atoms with Crippen LogP contribution in [0.3, 0.4) is 0 Å². The van der Waals surface area contributed by atoms with Gasteiger partial charge in [0.1, 0.15) is 5.82 Å². The Morgan fingerprint density at radius 3 is 2.16 bits per heavy atom. The van der Waals surface area contributed by atoms with Crippen molar-refractivity contribution in [1.82, 2.24) is 4.98 Å².